The standard InChI is InChI=1S/C13H12OSSe/c14-10-11-6-4-5-9-13(11)16-15-12-7-2-1-3-8-12/h1-9,14H,10H2. The monoisotopic (exact) mass is 296 g/mol. The summed E-state index contributed by atoms with van der Waals surface area (Å²) in [6, 6.07) is 18.5. The van der Waals surface area contributed by atoms with Gasteiger partial charge in [0.1, 0.15) is 0 Å². The first-order valence-corrected chi connectivity index (χ1v) is 8.68. The average Bonchev–Trinajstić information content (AvgIpc) is 2.38. The van der Waals surface area contributed by atoms with Crippen LogP contribution in [-0.4, -0.2) is 18.9 Å². The Labute approximate surface area is 105 Å². The Kier molecular flexibility index (Phi) is 4.49. The summed E-state index contributed by atoms with van der Waals surface area (Å²) in [5.74, 6) is 0. The summed E-state index contributed by atoms with van der Waals surface area (Å²) in [5.41, 5.74) is 1.05. The van der Waals surface area contributed by atoms with Crippen LogP contribution >= 0.6 is 10.2 Å². The van der Waals surface area contributed by atoms with Crippen LogP contribution in [0.3, 0.4) is 0 Å². The molecule has 0 saturated carbocycles. The molecular formula is C13H12OSSe. The second-order valence-electron chi connectivity index (χ2n) is 3.25. The SMILES string of the molecule is OCc1ccccc1[Se]Sc1ccccc1. The summed E-state index contributed by atoms with van der Waals surface area (Å²) in [4.78, 5) is 1.29. The summed E-state index contributed by atoms with van der Waals surface area (Å²) >= 11 is 0.320. The molecule has 0 radical (unpaired) electrons. The van der Waals surface area contributed by atoms with E-state index in [1.165, 1.54) is 9.36 Å². The van der Waals surface area contributed by atoms with Gasteiger partial charge < -0.3 is 0 Å². The second-order valence-corrected chi connectivity index (χ2v) is 7.07. The average molecular weight is 295 g/mol. The minimum atomic E-state index is 0.132. The fourth-order valence-corrected chi connectivity index (χ4v) is 5.24. The molecule has 2 aromatic rings. The van der Waals surface area contributed by atoms with Gasteiger partial charge in [0.15, 0.2) is 0 Å². The predicted octanol–water partition coefficient (Wildman–Crippen LogP) is 2.22. The quantitative estimate of drug-likeness (QED) is 0.873. The van der Waals surface area contributed by atoms with Gasteiger partial charge in [-0.3, -0.25) is 0 Å². The van der Waals surface area contributed by atoms with Crippen LogP contribution in [0.25, 0.3) is 0 Å². The van der Waals surface area contributed by atoms with Crippen LogP contribution in [0.4, 0.5) is 0 Å². The van der Waals surface area contributed by atoms with Gasteiger partial charge in [-0.05, 0) is 0 Å². The van der Waals surface area contributed by atoms with Gasteiger partial charge in [-0.25, -0.2) is 0 Å². The molecule has 1 nitrogen and oxygen atoms in total. The molecule has 2 aromatic carbocycles. The third kappa shape index (κ3) is 3.13. The first-order valence-electron chi connectivity index (χ1n) is 4.98. The van der Waals surface area contributed by atoms with Gasteiger partial charge in [0.2, 0.25) is 0 Å². The molecule has 1 N–H and O–H groups in total. The summed E-state index contributed by atoms with van der Waals surface area (Å²) in [6.07, 6.45) is 0. The zero-order valence-corrected chi connectivity index (χ0v) is 11.2. The first-order chi connectivity index (χ1) is 7.90. The van der Waals surface area contributed by atoms with Crippen LogP contribution in [0.1, 0.15) is 5.56 Å². The molecule has 0 aliphatic carbocycles. The number of aliphatic hydroxyl groups is 1. The Morgan fingerprint density at radius 2 is 1.62 bits per heavy atom. The van der Waals surface area contributed by atoms with Crippen LogP contribution in [0.5, 0.6) is 0 Å². The molecule has 0 spiro atoms. The van der Waals surface area contributed by atoms with E-state index in [2.05, 4.69) is 30.3 Å². The van der Waals surface area contributed by atoms with E-state index in [4.69, 9.17) is 0 Å². The van der Waals surface area contributed by atoms with Crippen molar-refractivity contribution in [3.63, 3.8) is 0 Å². The third-order valence-electron chi connectivity index (χ3n) is 2.11. The zero-order valence-electron chi connectivity index (χ0n) is 8.67. The van der Waals surface area contributed by atoms with E-state index < -0.39 is 0 Å². The summed E-state index contributed by atoms with van der Waals surface area (Å²) in [6.45, 7) is 0.132. The summed E-state index contributed by atoms with van der Waals surface area (Å²) in [5, 5.41) is 9.22. The fraction of sp³-hybridized carbons (Fsp3) is 0.0769. The molecule has 0 saturated heterocycles. The maximum absolute atomic E-state index is 9.22. The van der Waals surface area contributed by atoms with Crippen molar-refractivity contribution in [2.45, 2.75) is 11.5 Å². The second kappa shape index (κ2) is 6.12. The van der Waals surface area contributed by atoms with E-state index in [9.17, 15) is 5.11 Å². The van der Waals surface area contributed by atoms with Gasteiger partial charge in [0, 0.05) is 0 Å². The van der Waals surface area contributed by atoms with Crippen molar-refractivity contribution in [3.05, 3.63) is 60.2 Å². The van der Waals surface area contributed by atoms with Crippen LogP contribution in [0.15, 0.2) is 59.5 Å². The van der Waals surface area contributed by atoms with E-state index in [0.717, 1.165) is 5.56 Å². The Morgan fingerprint density at radius 1 is 0.938 bits per heavy atom. The molecule has 0 aliphatic heterocycles. The normalized spacial score (nSPS) is 10.3. The van der Waals surface area contributed by atoms with E-state index >= 15 is 0 Å². The van der Waals surface area contributed by atoms with Gasteiger partial charge in [0.25, 0.3) is 0 Å². The molecular weight excluding hydrogens is 283 g/mol. The van der Waals surface area contributed by atoms with Crippen molar-refractivity contribution in [2.24, 2.45) is 0 Å². The van der Waals surface area contributed by atoms with Crippen molar-refractivity contribution in [2.75, 3.05) is 0 Å². The van der Waals surface area contributed by atoms with E-state index in [0.29, 0.717) is 13.8 Å². The third-order valence-corrected chi connectivity index (χ3v) is 6.54. The van der Waals surface area contributed by atoms with Gasteiger partial charge in [-0.1, -0.05) is 0 Å². The summed E-state index contributed by atoms with van der Waals surface area (Å²) < 4.78 is 1.27. The molecule has 0 amide bonds. The molecule has 0 bridgehead atoms. The van der Waals surface area contributed by atoms with E-state index in [1.807, 2.05) is 34.4 Å². The van der Waals surface area contributed by atoms with Crippen LogP contribution in [0.2, 0.25) is 0 Å². The molecule has 3 heteroatoms. The molecule has 82 valence electrons. The topological polar surface area (TPSA) is 20.2 Å². The van der Waals surface area contributed by atoms with Crippen molar-refractivity contribution in [3.8, 4) is 0 Å². The minimum absolute atomic E-state index is 0.132. The Balaban J connectivity index is 2.05. The number of rotatable bonds is 4. The molecule has 2 rings (SSSR count). The van der Waals surface area contributed by atoms with Crippen LogP contribution in [-0.2, 0) is 6.61 Å². The first kappa shape index (κ1) is 11.7. The number of hydrogen-bond acceptors (Lipinski definition) is 2. The van der Waals surface area contributed by atoms with Crippen LogP contribution in [0, 0.1) is 0 Å². The van der Waals surface area contributed by atoms with Gasteiger partial charge >= 0.3 is 105 Å². The van der Waals surface area contributed by atoms with Crippen molar-refractivity contribution < 1.29 is 5.11 Å². The molecule has 0 heterocycles. The van der Waals surface area contributed by atoms with Crippen molar-refractivity contribution >= 4 is 28.5 Å². The van der Waals surface area contributed by atoms with Gasteiger partial charge in [0.05, 0.1) is 0 Å². The zero-order chi connectivity index (χ0) is 11.2. The van der Waals surface area contributed by atoms with Gasteiger partial charge in [-0.2, -0.15) is 0 Å². The van der Waals surface area contributed by atoms with Crippen molar-refractivity contribution in [1.29, 1.82) is 0 Å². The summed E-state index contributed by atoms with van der Waals surface area (Å²) in [7, 11) is 1.85. The predicted molar refractivity (Wildman–Crippen MR) is 70.1 cm³/mol. The molecule has 0 aliphatic rings. The fourth-order valence-electron chi connectivity index (χ4n) is 1.28. The molecule has 0 aromatic heterocycles. The Hall–Kier alpha value is -0.731. The van der Waals surface area contributed by atoms with E-state index in [-0.39, 0.29) is 6.61 Å². The number of benzene rings is 2. The molecule has 0 fully saturated rings. The maximum atomic E-state index is 9.22. The Bertz CT molecular complexity index is 445. The number of aliphatic hydroxyl groups excluding tert-OH is 1. The molecule has 16 heavy (non-hydrogen) atoms. The Morgan fingerprint density at radius 3 is 2.38 bits per heavy atom. The van der Waals surface area contributed by atoms with Gasteiger partial charge in [-0.15, -0.1) is 0 Å². The number of hydrogen-bond donors (Lipinski definition) is 1. The van der Waals surface area contributed by atoms with Crippen molar-refractivity contribution in [1.82, 2.24) is 0 Å². The molecule has 0 atom stereocenters. The van der Waals surface area contributed by atoms with Crippen LogP contribution < -0.4 is 4.46 Å². The molecule has 0 unspecified atom stereocenters. The van der Waals surface area contributed by atoms with E-state index in [1.54, 1.807) is 0 Å².